The minimum Gasteiger partial charge on any atom is -0.309 e. The normalized spacial score (nSPS) is 17.3. The van der Waals surface area contributed by atoms with E-state index < -0.39 is 10.0 Å². The Kier molecular flexibility index (Phi) is 5.82. The maximum Gasteiger partial charge on any atom is 0.241 e. The van der Waals surface area contributed by atoms with Crippen molar-refractivity contribution in [2.75, 3.05) is 0 Å². The highest BCUT2D eigenvalue weighted by Crippen LogP contribution is 2.25. The first-order valence-corrected chi connectivity index (χ1v) is 10.1. The fraction of sp³-hybridized carbons (Fsp3) is 0.733. The highest BCUT2D eigenvalue weighted by atomic mass is 32.2. The summed E-state index contributed by atoms with van der Waals surface area (Å²) in [5.41, 5.74) is 0. The molecule has 0 amide bonds. The van der Waals surface area contributed by atoms with Crippen molar-refractivity contribution < 1.29 is 8.42 Å². The molecule has 0 aliphatic heterocycles. The van der Waals surface area contributed by atoms with Gasteiger partial charge >= 0.3 is 0 Å². The van der Waals surface area contributed by atoms with Gasteiger partial charge in [-0.3, -0.25) is 0 Å². The number of thiophene rings is 1. The van der Waals surface area contributed by atoms with Gasteiger partial charge in [-0.15, -0.1) is 11.3 Å². The van der Waals surface area contributed by atoms with Crippen LogP contribution in [-0.4, -0.2) is 20.5 Å². The van der Waals surface area contributed by atoms with Gasteiger partial charge in [-0.25, -0.2) is 13.1 Å². The van der Waals surface area contributed by atoms with Gasteiger partial charge in [-0.05, 0) is 50.0 Å². The fourth-order valence-corrected chi connectivity index (χ4v) is 4.86. The van der Waals surface area contributed by atoms with Crippen molar-refractivity contribution >= 4 is 21.4 Å². The zero-order valence-electron chi connectivity index (χ0n) is 13.1. The van der Waals surface area contributed by atoms with Gasteiger partial charge < -0.3 is 5.32 Å². The molecule has 0 spiro atoms. The summed E-state index contributed by atoms with van der Waals surface area (Å²) in [4.78, 5) is 1.35. The predicted molar refractivity (Wildman–Crippen MR) is 88.0 cm³/mol. The SMILES string of the molecule is CC(C)CCC(C)NS(=O)(=O)c1ccsc1CNC1CC1. The molecule has 1 aromatic rings. The molecule has 1 saturated carbocycles. The zero-order valence-corrected chi connectivity index (χ0v) is 14.7. The Morgan fingerprint density at radius 3 is 2.62 bits per heavy atom. The predicted octanol–water partition coefficient (Wildman–Crippen LogP) is 3.10. The number of nitrogens with one attached hydrogen (secondary N) is 2. The molecule has 1 atom stereocenters. The minimum atomic E-state index is -3.40. The molecule has 120 valence electrons. The molecule has 1 aromatic heterocycles. The second kappa shape index (κ2) is 7.22. The average molecular weight is 331 g/mol. The summed E-state index contributed by atoms with van der Waals surface area (Å²) in [6.07, 6.45) is 4.32. The third kappa shape index (κ3) is 5.36. The second-order valence-corrected chi connectivity index (χ2v) is 9.04. The lowest BCUT2D eigenvalue weighted by molar-refractivity contribution is 0.485. The Morgan fingerprint density at radius 2 is 2.00 bits per heavy atom. The molecule has 1 fully saturated rings. The van der Waals surface area contributed by atoms with Gasteiger partial charge in [0, 0.05) is 23.5 Å². The van der Waals surface area contributed by atoms with E-state index in [1.54, 1.807) is 6.07 Å². The number of hydrogen-bond acceptors (Lipinski definition) is 4. The molecule has 1 aliphatic rings. The lowest BCUT2D eigenvalue weighted by Gasteiger charge is -2.15. The van der Waals surface area contributed by atoms with Gasteiger partial charge in [-0.2, -0.15) is 0 Å². The second-order valence-electron chi connectivity index (χ2n) is 6.36. The van der Waals surface area contributed by atoms with Gasteiger partial charge in [0.1, 0.15) is 0 Å². The molecule has 1 aliphatic carbocycles. The fourth-order valence-electron chi connectivity index (χ4n) is 2.19. The van der Waals surface area contributed by atoms with E-state index in [0.717, 1.165) is 17.7 Å². The van der Waals surface area contributed by atoms with Crippen LogP contribution in [-0.2, 0) is 16.6 Å². The van der Waals surface area contributed by atoms with Crippen LogP contribution < -0.4 is 10.0 Å². The van der Waals surface area contributed by atoms with Crippen molar-refractivity contribution in [1.82, 2.24) is 10.0 Å². The first-order chi connectivity index (χ1) is 9.88. The summed E-state index contributed by atoms with van der Waals surface area (Å²) in [7, 11) is -3.40. The molecular formula is C15H26N2O2S2. The Balaban J connectivity index is 1.96. The van der Waals surface area contributed by atoms with Crippen molar-refractivity contribution in [3.8, 4) is 0 Å². The molecule has 4 nitrogen and oxygen atoms in total. The van der Waals surface area contributed by atoms with Crippen LogP contribution in [0.4, 0.5) is 0 Å². The summed E-state index contributed by atoms with van der Waals surface area (Å²) in [5.74, 6) is 0.594. The summed E-state index contributed by atoms with van der Waals surface area (Å²) >= 11 is 1.51. The Labute approximate surface area is 132 Å². The van der Waals surface area contributed by atoms with Gasteiger partial charge in [0.05, 0.1) is 4.90 Å². The van der Waals surface area contributed by atoms with E-state index in [0.29, 0.717) is 23.4 Å². The maximum atomic E-state index is 12.5. The summed E-state index contributed by atoms with van der Waals surface area (Å²) in [6.45, 7) is 6.90. The molecule has 21 heavy (non-hydrogen) atoms. The van der Waals surface area contributed by atoms with Crippen LogP contribution >= 0.6 is 11.3 Å². The lowest BCUT2D eigenvalue weighted by atomic mass is 10.1. The maximum absolute atomic E-state index is 12.5. The van der Waals surface area contributed by atoms with Crippen LogP contribution in [0.1, 0.15) is 51.3 Å². The third-order valence-corrected chi connectivity index (χ3v) is 6.38. The highest BCUT2D eigenvalue weighted by molar-refractivity contribution is 7.89. The van der Waals surface area contributed by atoms with Crippen molar-refractivity contribution in [2.24, 2.45) is 5.92 Å². The third-order valence-electron chi connectivity index (χ3n) is 3.66. The van der Waals surface area contributed by atoms with Crippen LogP contribution in [0.5, 0.6) is 0 Å². The van der Waals surface area contributed by atoms with Crippen molar-refractivity contribution in [1.29, 1.82) is 0 Å². The van der Waals surface area contributed by atoms with Crippen molar-refractivity contribution in [3.63, 3.8) is 0 Å². The molecule has 2 rings (SSSR count). The first kappa shape index (κ1) is 16.9. The minimum absolute atomic E-state index is 0.0264. The summed E-state index contributed by atoms with van der Waals surface area (Å²) < 4.78 is 27.8. The summed E-state index contributed by atoms with van der Waals surface area (Å²) in [6, 6.07) is 2.27. The Hall–Kier alpha value is -0.430. The van der Waals surface area contributed by atoms with E-state index in [2.05, 4.69) is 23.9 Å². The Morgan fingerprint density at radius 1 is 1.29 bits per heavy atom. The lowest BCUT2D eigenvalue weighted by Crippen LogP contribution is -2.33. The largest absolute Gasteiger partial charge is 0.309 e. The molecule has 0 aromatic carbocycles. The first-order valence-electron chi connectivity index (χ1n) is 7.70. The van der Waals surface area contributed by atoms with Crippen LogP contribution in [0.3, 0.4) is 0 Å². The number of hydrogen-bond donors (Lipinski definition) is 2. The van der Waals surface area contributed by atoms with E-state index in [9.17, 15) is 8.42 Å². The average Bonchev–Trinajstić information content (AvgIpc) is 3.09. The molecule has 0 bridgehead atoms. The van der Waals surface area contributed by atoms with Crippen LogP contribution in [0.2, 0.25) is 0 Å². The smallest absolute Gasteiger partial charge is 0.241 e. The van der Waals surface area contributed by atoms with E-state index in [1.165, 1.54) is 24.2 Å². The van der Waals surface area contributed by atoms with Gasteiger partial charge in [0.25, 0.3) is 0 Å². The van der Waals surface area contributed by atoms with Crippen molar-refractivity contribution in [3.05, 3.63) is 16.3 Å². The van der Waals surface area contributed by atoms with Gasteiger partial charge in [-0.1, -0.05) is 13.8 Å². The van der Waals surface area contributed by atoms with Crippen LogP contribution in [0, 0.1) is 5.92 Å². The molecule has 0 radical (unpaired) electrons. The topological polar surface area (TPSA) is 58.2 Å². The Bertz CT molecular complexity index is 548. The van der Waals surface area contributed by atoms with Gasteiger partial charge in [0.15, 0.2) is 0 Å². The monoisotopic (exact) mass is 330 g/mol. The van der Waals surface area contributed by atoms with E-state index in [-0.39, 0.29) is 6.04 Å². The van der Waals surface area contributed by atoms with E-state index in [1.807, 2.05) is 12.3 Å². The van der Waals surface area contributed by atoms with E-state index >= 15 is 0 Å². The zero-order chi connectivity index (χ0) is 15.5. The quantitative estimate of drug-likeness (QED) is 0.731. The molecule has 1 heterocycles. The van der Waals surface area contributed by atoms with E-state index in [4.69, 9.17) is 0 Å². The van der Waals surface area contributed by atoms with Crippen molar-refractivity contribution in [2.45, 2.75) is 70.0 Å². The standard InChI is InChI=1S/C15H26N2O2S2/c1-11(2)4-5-12(3)17-21(18,19)15-8-9-20-14(15)10-16-13-6-7-13/h8-9,11-13,16-17H,4-7,10H2,1-3H3. The van der Waals surface area contributed by atoms with Gasteiger partial charge in [0.2, 0.25) is 10.0 Å². The molecule has 2 N–H and O–H groups in total. The molecule has 0 saturated heterocycles. The number of sulfonamides is 1. The number of rotatable bonds is 9. The molecule has 6 heteroatoms. The molecule has 1 unspecified atom stereocenters. The van der Waals surface area contributed by atoms with Crippen LogP contribution in [0.25, 0.3) is 0 Å². The molecular weight excluding hydrogens is 304 g/mol. The highest BCUT2D eigenvalue weighted by Gasteiger charge is 2.24. The van der Waals surface area contributed by atoms with Crippen LogP contribution in [0.15, 0.2) is 16.3 Å². The summed E-state index contributed by atoms with van der Waals surface area (Å²) in [5, 5.41) is 5.24.